The van der Waals surface area contributed by atoms with Gasteiger partial charge in [-0.3, -0.25) is 0 Å². The molecule has 1 saturated heterocycles. The van der Waals surface area contributed by atoms with Crippen molar-refractivity contribution >= 4 is 11.7 Å². The van der Waals surface area contributed by atoms with E-state index in [1.54, 1.807) is 4.90 Å². The van der Waals surface area contributed by atoms with Crippen molar-refractivity contribution in [2.75, 3.05) is 31.6 Å². The van der Waals surface area contributed by atoms with Crippen molar-refractivity contribution in [3.63, 3.8) is 0 Å². The lowest BCUT2D eigenvalue weighted by Crippen LogP contribution is -2.44. The molecule has 1 N–H and O–H groups in total. The number of hydrogen-bond donors (Lipinski definition) is 1. The summed E-state index contributed by atoms with van der Waals surface area (Å²) in [6.07, 6.45) is 1.39. The van der Waals surface area contributed by atoms with Crippen LogP contribution in [0.5, 0.6) is 5.75 Å². The molecule has 0 spiro atoms. The summed E-state index contributed by atoms with van der Waals surface area (Å²) in [7, 11) is 0. The largest absolute Gasteiger partial charge is 0.491 e. The van der Waals surface area contributed by atoms with E-state index in [4.69, 9.17) is 9.47 Å². The molecule has 7 heteroatoms. The van der Waals surface area contributed by atoms with Crippen LogP contribution in [0.4, 0.5) is 19.3 Å². The van der Waals surface area contributed by atoms with Crippen molar-refractivity contribution in [2.24, 2.45) is 0 Å². The van der Waals surface area contributed by atoms with Crippen molar-refractivity contribution in [1.82, 2.24) is 4.90 Å². The number of para-hydroxylation sites is 1. The molecular formula is C20H20F2N2O3. The lowest BCUT2D eigenvalue weighted by Gasteiger charge is -2.33. The zero-order valence-electron chi connectivity index (χ0n) is 14.7. The van der Waals surface area contributed by atoms with Crippen LogP contribution < -0.4 is 10.1 Å². The molecule has 2 amide bonds. The third-order valence-electron chi connectivity index (χ3n) is 4.84. The van der Waals surface area contributed by atoms with Crippen LogP contribution >= 0.6 is 0 Å². The van der Waals surface area contributed by atoms with Gasteiger partial charge in [-0.15, -0.1) is 0 Å². The van der Waals surface area contributed by atoms with Crippen LogP contribution in [0, 0.1) is 11.6 Å². The molecule has 4 rings (SSSR count). The van der Waals surface area contributed by atoms with Crippen LogP contribution in [-0.2, 0) is 11.2 Å². The number of anilines is 1. The van der Waals surface area contributed by atoms with E-state index in [1.165, 1.54) is 6.07 Å². The fraction of sp³-hybridized carbons (Fsp3) is 0.350. The van der Waals surface area contributed by atoms with E-state index in [0.717, 1.165) is 36.3 Å². The van der Waals surface area contributed by atoms with Crippen molar-refractivity contribution < 1.29 is 23.0 Å². The second-order valence-electron chi connectivity index (χ2n) is 6.65. The first-order valence-electron chi connectivity index (χ1n) is 8.99. The number of aryl methyl sites for hydroxylation is 1. The summed E-state index contributed by atoms with van der Waals surface area (Å²) in [6.45, 7) is 1.63. The minimum Gasteiger partial charge on any atom is -0.491 e. The van der Waals surface area contributed by atoms with Crippen molar-refractivity contribution in [2.45, 2.75) is 18.9 Å². The molecule has 1 unspecified atom stereocenters. The van der Waals surface area contributed by atoms with Gasteiger partial charge in [0.25, 0.3) is 0 Å². The highest BCUT2D eigenvalue weighted by atomic mass is 19.2. The molecule has 0 aromatic heterocycles. The van der Waals surface area contributed by atoms with Crippen molar-refractivity contribution in [1.29, 1.82) is 0 Å². The Labute approximate surface area is 155 Å². The van der Waals surface area contributed by atoms with E-state index >= 15 is 0 Å². The average molecular weight is 374 g/mol. The highest BCUT2D eigenvalue weighted by Crippen LogP contribution is 2.33. The maximum atomic E-state index is 13.5. The van der Waals surface area contributed by atoms with Crippen LogP contribution in [0.3, 0.4) is 0 Å². The number of fused-ring (bicyclic) bond motifs is 1. The lowest BCUT2D eigenvalue weighted by molar-refractivity contribution is -0.0136. The van der Waals surface area contributed by atoms with Gasteiger partial charge < -0.3 is 19.7 Å². The fourth-order valence-electron chi connectivity index (χ4n) is 3.43. The Morgan fingerprint density at radius 3 is 2.89 bits per heavy atom. The van der Waals surface area contributed by atoms with E-state index in [2.05, 4.69) is 5.32 Å². The lowest BCUT2D eigenvalue weighted by atomic mass is 10.1. The molecule has 2 heterocycles. The number of carbonyl (C=O) groups excluding carboxylic acids is 1. The maximum absolute atomic E-state index is 13.5. The maximum Gasteiger partial charge on any atom is 0.322 e. The van der Waals surface area contributed by atoms with Gasteiger partial charge in [0.2, 0.25) is 0 Å². The summed E-state index contributed by atoms with van der Waals surface area (Å²) in [5.74, 6) is -1.11. The quantitative estimate of drug-likeness (QED) is 0.868. The number of nitrogens with one attached hydrogen (secondary N) is 1. The Hall–Kier alpha value is -2.67. The van der Waals surface area contributed by atoms with Gasteiger partial charge in [-0.05, 0) is 42.2 Å². The smallest absolute Gasteiger partial charge is 0.322 e. The number of ether oxygens (including phenoxy) is 2. The number of amides is 2. The molecule has 2 aliphatic heterocycles. The van der Waals surface area contributed by atoms with E-state index in [9.17, 15) is 13.6 Å². The van der Waals surface area contributed by atoms with Gasteiger partial charge in [-0.25, -0.2) is 13.6 Å². The van der Waals surface area contributed by atoms with Crippen molar-refractivity contribution in [3.05, 3.63) is 59.2 Å². The number of halogens is 2. The minimum atomic E-state index is -0.925. The number of benzene rings is 2. The van der Waals surface area contributed by atoms with Gasteiger partial charge in [0.05, 0.1) is 25.4 Å². The highest BCUT2D eigenvalue weighted by molar-refractivity contribution is 5.91. The third kappa shape index (κ3) is 3.73. The monoisotopic (exact) mass is 374 g/mol. The van der Waals surface area contributed by atoms with Crippen LogP contribution in [0.1, 0.15) is 23.7 Å². The number of hydrogen-bond acceptors (Lipinski definition) is 3. The summed E-state index contributed by atoms with van der Waals surface area (Å²) in [6, 6.07) is 9.10. The van der Waals surface area contributed by atoms with Gasteiger partial charge in [0.1, 0.15) is 11.9 Å². The van der Waals surface area contributed by atoms with Gasteiger partial charge >= 0.3 is 6.03 Å². The molecular weight excluding hydrogens is 354 g/mol. The summed E-state index contributed by atoms with van der Waals surface area (Å²) in [5, 5.41) is 2.90. The van der Waals surface area contributed by atoms with Crippen LogP contribution in [0.25, 0.3) is 0 Å². The van der Waals surface area contributed by atoms with E-state index in [-0.39, 0.29) is 12.6 Å². The van der Waals surface area contributed by atoms with E-state index in [1.807, 2.05) is 18.2 Å². The van der Waals surface area contributed by atoms with Crippen LogP contribution in [0.15, 0.2) is 36.4 Å². The zero-order chi connectivity index (χ0) is 18.8. The van der Waals surface area contributed by atoms with E-state index < -0.39 is 17.7 Å². The van der Waals surface area contributed by atoms with Gasteiger partial charge in [0.15, 0.2) is 11.6 Å². The molecule has 0 bridgehead atoms. The Bertz CT molecular complexity index is 859. The van der Waals surface area contributed by atoms with Crippen LogP contribution in [-0.4, -0.2) is 37.2 Å². The molecule has 1 atom stereocenters. The summed E-state index contributed by atoms with van der Waals surface area (Å²) < 4.78 is 38.0. The molecule has 0 aliphatic carbocycles. The molecule has 5 nitrogen and oxygen atoms in total. The van der Waals surface area contributed by atoms with Gasteiger partial charge in [0, 0.05) is 6.54 Å². The van der Waals surface area contributed by atoms with Crippen molar-refractivity contribution in [3.8, 4) is 5.75 Å². The Kier molecular flexibility index (Phi) is 4.94. The Morgan fingerprint density at radius 2 is 2.04 bits per heavy atom. The second-order valence-corrected chi connectivity index (χ2v) is 6.65. The standard InChI is InChI=1S/C20H20F2N2O3/c21-15-7-6-14(11-16(15)22)18-12-24(8-10-26-18)20(25)23-17-5-1-3-13-4-2-9-27-19(13)17/h1,3,5-7,11,18H,2,4,8-10,12H2,(H,23,25). The minimum absolute atomic E-state index is 0.257. The number of urea groups is 1. The predicted molar refractivity (Wildman–Crippen MR) is 95.9 cm³/mol. The summed E-state index contributed by atoms with van der Waals surface area (Å²) >= 11 is 0. The summed E-state index contributed by atoms with van der Waals surface area (Å²) in [4.78, 5) is 14.3. The average Bonchev–Trinajstić information content (AvgIpc) is 2.70. The molecule has 0 saturated carbocycles. The van der Waals surface area contributed by atoms with E-state index in [0.29, 0.717) is 31.0 Å². The van der Waals surface area contributed by atoms with Crippen LogP contribution in [0.2, 0.25) is 0 Å². The molecule has 2 aromatic carbocycles. The van der Waals surface area contributed by atoms with Gasteiger partial charge in [-0.2, -0.15) is 0 Å². The number of rotatable bonds is 2. The predicted octanol–water partition coefficient (Wildman–Crippen LogP) is 3.90. The third-order valence-corrected chi connectivity index (χ3v) is 4.84. The molecule has 27 heavy (non-hydrogen) atoms. The molecule has 142 valence electrons. The first-order chi connectivity index (χ1) is 13.1. The number of carbonyl (C=O) groups is 1. The molecule has 2 aromatic rings. The molecule has 0 radical (unpaired) electrons. The normalized spacial score (nSPS) is 19.2. The first kappa shape index (κ1) is 17.7. The molecule has 1 fully saturated rings. The second kappa shape index (κ2) is 7.52. The Morgan fingerprint density at radius 1 is 1.15 bits per heavy atom. The zero-order valence-corrected chi connectivity index (χ0v) is 14.7. The fourth-order valence-corrected chi connectivity index (χ4v) is 3.43. The first-order valence-corrected chi connectivity index (χ1v) is 8.99. The summed E-state index contributed by atoms with van der Waals surface area (Å²) in [5.41, 5.74) is 2.24. The number of nitrogens with zero attached hydrogens (tertiary/aromatic N) is 1. The SMILES string of the molecule is O=C(Nc1cccc2c1OCCC2)N1CCOC(c2ccc(F)c(F)c2)C1. The Balaban J connectivity index is 1.47. The molecule has 2 aliphatic rings. The number of morpholine rings is 1. The topological polar surface area (TPSA) is 50.8 Å². The highest BCUT2D eigenvalue weighted by Gasteiger charge is 2.27. The van der Waals surface area contributed by atoms with Gasteiger partial charge in [-0.1, -0.05) is 18.2 Å².